The summed E-state index contributed by atoms with van der Waals surface area (Å²) in [5.41, 5.74) is 2.60. The van der Waals surface area contributed by atoms with Crippen LogP contribution >= 0.6 is 0 Å². The Balaban J connectivity index is 1.63. The van der Waals surface area contributed by atoms with Crippen molar-refractivity contribution in [1.29, 1.82) is 0 Å². The Morgan fingerprint density at radius 3 is 2.45 bits per heavy atom. The summed E-state index contributed by atoms with van der Waals surface area (Å²) in [5.74, 6) is -2.09. The molecule has 31 heavy (non-hydrogen) atoms. The molecular formula is C24H23F2N3O2. The van der Waals surface area contributed by atoms with E-state index in [0.29, 0.717) is 16.9 Å². The number of benzene rings is 3. The topological polar surface area (TPSA) is 70.2 Å². The van der Waals surface area contributed by atoms with Crippen LogP contribution in [-0.4, -0.2) is 18.4 Å². The predicted molar refractivity (Wildman–Crippen MR) is 117 cm³/mol. The van der Waals surface area contributed by atoms with Gasteiger partial charge in [0, 0.05) is 23.4 Å². The van der Waals surface area contributed by atoms with E-state index < -0.39 is 23.6 Å². The van der Waals surface area contributed by atoms with Crippen molar-refractivity contribution in [3.05, 3.63) is 95.1 Å². The van der Waals surface area contributed by atoms with E-state index in [1.807, 2.05) is 25.1 Å². The van der Waals surface area contributed by atoms with Gasteiger partial charge < -0.3 is 16.0 Å². The van der Waals surface area contributed by atoms with Crippen molar-refractivity contribution in [2.75, 3.05) is 17.2 Å². The zero-order valence-corrected chi connectivity index (χ0v) is 17.2. The number of aryl methyl sites for hydroxylation is 1. The number of para-hydroxylation sites is 1. The number of rotatable bonds is 7. The first kappa shape index (κ1) is 22.1. The highest BCUT2D eigenvalue weighted by atomic mass is 19.1. The molecule has 0 fully saturated rings. The van der Waals surface area contributed by atoms with E-state index in [2.05, 4.69) is 16.0 Å². The van der Waals surface area contributed by atoms with Crippen LogP contribution in [-0.2, 0) is 4.79 Å². The van der Waals surface area contributed by atoms with Gasteiger partial charge in [-0.3, -0.25) is 9.59 Å². The first-order valence-corrected chi connectivity index (χ1v) is 9.78. The Morgan fingerprint density at radius 2 is 1.71 bits per heavy atom. The molecule has 0 unspecified atom stereocenters. The zero-order valence-electron chi connectivity index (χ0n) is 17.2. The van der Waals surface area contributed by atoms with Crippen molar-refractivity contribution in [3.8, 4) is 0 Å². The SMILES string of the molecule is Cc1cccc(NC(=O)c2ccccc2NC(=O)CN[C@@H](C)c2ccc(F)cc2F)c1. The van der Waals surface area contributed by atoms with Crippen molar-refractivity contribution in [3.63, 3.8) is 0 Å². The van der Waals surface area contributed by atoms with E-state index in [0.717, 1.165) is 11.6 Å². The molecule has 7 heteroatoms. The van der Waals surface area contributed by atoms with E-state index in [9.17, 15) is 18.4 Å². The van der Waals surface area contributed by atoms with Crippen molar-refractivity contribution in [1.82, 2.24) is 5.32 Å². The highest BCUT2D eigenvalue weighted by Crippen LogP contribution is 2.19. The Labute approximate surface area is 179 Å². The van der Waals surface area contributed by atoms with Crippen LogP contribution in [0.1, 0.15) is 34.5 Å². The molecule has 5 nitrogen and oxygen atoms in total. The van der Waals surface area contributed by atoms with E-state index in [1.54, 1.807) is 37.3 Å². The Hall–Kier alpha value is -3.58. The monoisotopic (exact) mass is 423 g/mol. The molecular weight excluding hydrogens is 400 g/mol. The fraction of sp³-hybridized carbons (Fsp3) is 0.167. The van der Waals surface area contributed by atoms with Gasteiger partial charge in [-0.05, 0) is 49.7 Å². The molecule has 0 spiro atoms. The van der Waals surface area contributed by atoms with Crippen molar-refractivity contribution in [2.45, 2.75) is 19.9 Å². The molecule has 0 saturated carbocycles. The second kappa shape index (κ2) is 9.95. The number of anilines is 2. The second-order valence-corrected chi connectivity index (χ2v) is 7.19. The number of carbonyl (C=O) groups is 2. The average molecular weight is 423 g/mol. The lowest BCUT2D eigenvalue weighted by Crippen LogP contribution is -2.31. The number of carbonyl (C=O) groups excluding carboxylic acids is 2. The fourth-order valence-corrected chi connectivity index (χ4v) is 3.11. The lowest BCUT2D eigenvalue weighted by molar-refractivity contribution is -0.115. The Bertz CT molecular complexity index is 1100. The quantitative estimate of drug-likeness (QED) is 0.511. The molecule has 0 radical (unpaired) electrons. The van der Waals surface area contributed by atoms with Crippen molar-refractivity contribution in [2.24, 2.45) is 0 Å². The predicted octanol–water partition coefficient (Wildman–Crippen LogP) is 4.81. The highest BCUT2D eigenvalue weighted by Gasteiger charge is 2.16. The van der Waals surface area contributed by atoms with Crippen LogP contribution in [0.4, 0.5) is 20.2 Å². The van der Waals surface area contributed by atoms with Gasteiger partial charge in [0.05, 0.1) is 17.8 Å². The summed E-state index contributed by atoms with van der Waals surface area (Å²) in [6.07, 6.45) is 0. The van der Waals surface area contributed by atoms with Gasteiger partial charge in [-0.25, -0.2) is 8.78 Å². The minimum atomic E-state index is -0.682. The van der Waals surface area contributed by atoms with E-state index >= 15 is 0 Å². The third-order valence-corrected chi connectivity index (χ3v) is 4.72. The summed E-state index contributed by atoms with van der Waals surface area (Å²) in [6.45, 7) is 3.48. The number of halogens is 2. The molecule has 3 aromatic carbocycles. The molecule has 3 aromatic rings. The number of hydrogen-bond acceptors (Lipinski definition) is 3. The molecule has 0 aliphatic carbocycles. The standard InChI is InChI=1S/C24H23F2N3O2/c1-15-6-5-7-18(12-15)28-24(31)20-8-3-4-9-22(20)29-23(30)14-27-16(2)19-11-10-17(25)13-21(19)26/h3-13,16,27H,14H2,1-2H3,(H,28,31)(H,29,30)/t16-/m0/s1. The van der Waals surface area contributed by atoms with Gasteiger partial charge in [0.25, 0.3) is 5.91 Å². The lowest BCUT2D eigenvalue weighted by Gasteiger charge is -2.16. The normalized spacial score (nSPS) is 11.6. The van der Waals surface area contributed by atoms with Crippen LogP contribution in [0.3, 0.4) is 0 Å². The van der Waals surface area contributed by atoms with E-state index in [1.165, 1.54) is 12.1 Å². The molecule has 0 aliphatic rings. The number of amides is 2. The summed E-state index contributed by atoms with van der Waals surface area (Å²) < 4.78 is 27.0. The number of nitrogens with one attached hydrogen (secondary N) is 3. The summed E-state index contributed by atoms with van der Waals surface area (Å²) in [6, 6.07) is 16.9. The van der Waals surface area contributed by atoms with Gasteiger partial charge in [0.1, 0.15) is 11.6 Å². The van der Waals surface area contributed by atoms with E-state index in [4.69, 9.17) is 0 Å². The molecule has 0 aromatic heterocycles. The Morgan fingerprint density at radius 1 is 0.935 bits per heavy atom. The van der Waals surface area contributed by atoms with Gasteiger partial charge in [-0.15, -0.1) is 0 Å². The third kappa shape index (κ3) is 5.96. The molecule has 0 aliphatic heterocycles. The summed E-state index contributed by atoms with van der Waals surface area (Å²) >= 11 is 0. The van der Waals surface area contributed by atoms with Crippen LogP contribution in [0.5, 0.6) is 0 Å². The van der Waals surface area contributed by atoms with Gasteiger partial charge in [0.2, 0.25) is 5.91 Å². The first-order valence-electron chi connectivity index (χ1n) is 9.78. The average Bonchev–Trinajstić information content (AvgIpc) is 2.72. The zero-order chi connectivity index (χ0) is 22.4. The highest BCUT2D eigenvalue weighted by molar-refractivity contribution is 6.10. The van der Waals surface area contributed by atoms with Crippen molar-refractivity contribution >= 4 is 23.2 Å². The van der Waals surface area contributed by atoms with Gasteiger partial charge in [0.15, 0.2) is 0 Å². The van der Waals surface area contributed by atoms with Crippen LogP contribution < -0.4 is 16.0 Å². The third-order valence-electron chi connectivity index (χ3n) is 4.72. The van der Waals surface area contributed by atoms with Crippen LogP contribution in [0.15, 0.2) is 66.7 Å². The lowest BCUT2D eigenvalue weighted by atomic mass is 10.1. The maximum atomic E-state index is 13.9. The van der Waals surface area contributed by atoms with E-state index in [-0.39, 0.29) is 18.0 Å². The summed E-state index contributed by atoms with van der Waals surface area (Å²) in [4.78, 5) is 25.1. The molecule has 1 atom stereocenters. The molecule has 3 rings (SSSR count). The Kier molecular flexibility index (Phi) is 7.10. The van der Waals surface area contributed by atoms with Crippen molar-refractivity contribution < 1.29 is 18.4 Å². The number of hydrogen-bond donors (Lipinski definition) is 3. The maximum Gasteiger partial charge on any atom is 0.257 e. The minimum absolute atomic E-state index is 0.119. The molecule has 160 valence electrons. The molecule has 0 heterocycles. The van der Waals surface area contributed by atoms with Gasteiger partial charge in [-0.1, -0.05) is 30.3 Å². The van der Waals surface area contributed by atoms with Crippen LogP contribution in [0.2, 0.25) is 0 Å². The second-order valence-electron chi connectivity index (χ2n) is 7.19. The molecule has 0 bridgehead atoms. The largest absolute Gasteiger partial charge is 0.324 e. The molecule has 0 saturated heterocycles. The van der Waals surface area contributed by atoms with Crippen LogP contribution in [0.25, 0.3) is 0 Å². The molecule has 3 N–H and O–H groups in total. The van der Waals surface area contributed by atoms with Crippen LogP contribution in [0, 0.1) is 18.6 Å². The fourth-order valence-electron chi connectivity index (χ4n) is 3.11. The van der Waals surface area contributed by atoms with Gasteiger partial charge in [-0.2, -0.15) is 0 Å². The summed E-state index contributed by atoms with van der Waals surface area (Å²) in [7, 11) is 0. The minimum Gasteiger partial charge on any atom is -0.324 e. The first-order chi connectivity index (χ1) is 14.8. The smallest absolute Gasteiger partial charge is 0.257 e. The van der Waals surface area contributed by atoms with Gasteiger partial charge >= 0.3 is 0 Å². The maximum absolute atomic E-state index is 13.9. The summed E-state index contributed by atoms with van der Waals surface area (Å²) in [5, 5.41) is 8.42. The molecule has 2 amide bonds.